The average Bonchev–Trinajstić information content (AvgIpc) is 2.45. The van der Waals surface area contributed by atoms with E-state index in [0.29, 0.717) is 6.61 Å². The Kier molecular flexibility index (Phi) is 6.05. The third kappa shape index (κ3) is 4.32. The number of hydrogen-bond donors (Lipinski definition) is 1. The lowest BCUT2D eigenvalue weighted by molar-refractivity contribution is 0.184. The molecule has 0 bridgehead atoms. The molecule has 0 atom stereocenters. The summed E-state index contributed by atoms with van der Waals surface area (Å²) < 4.78 is 6.14. The summed E-state index contributed by atoms with van der Waals surface area (Å²) in [5, 5.41) is 4.18. The normalized spacial score (nSPS) is 10.8. The second-order valence-electron chi connectivity index (χ2n) is 4.55. The van der Waals surface area contributed by atoms with Gasteiger partial charge in [-0.1, -0.05) is 41.9 Å². The Hall–Kier alpha value is -0.870. The Morgan fingerprint density at radius 3 is 2.55 bits per heavy atom. The second kappa shape index (κ2) is 7.79. The highest BCUT2D eigenvalue weighted by Crippen LogP contribution is 2.23. The number of hydrogen-bond acceptors (Lipinski definition) is 2. The zero-order valence-corrected chi connectivity index (χ0v) is 13.7. The monoisotopic (exact) mass is 353 g/mol. The van der Waals surface area contributed by atoms with Gasteiger partial charge in [0, 0.05) is 24.7 Å². The average molecular weight is 355 g/mol. The predicted octanol–water partition coefficient (Wildman–Crippen LogP) is 4.54. The molecule has 2 nitrogen and oxygen atoms in total. The second-order valence-corrected chi connectivity index (χ2v) is 5.82. The van der Waals surface area contributed by atoms with E-state index in [1.165, 1.54) is 16.7 Å². The summed E-state index contributed by atoms with van der Waals surface area (Å²) in [6, 6.07) is 14.3. The summed E-state index contributed by atoms with van der Waals surface area (Å²) in [4.78, 5) is 0. The van der Waals surface area contributed by atoms with Crippen LogP contribution in [0.5, 0.6) is 0 Å². The van der Waals surface area contributed by atoms with Crippen molar-refractivity contribution in [1.82, 2.24) is 5.32 Å². The molecule has 4 heteroatoms. The molecule has 0 radical (unpaired) electrons. The van der Waals surface area contributed by atoms with Gasteiger partial charge in [0.1, 0.15) is 0 Å². The van der Waals surface area contributed by atoms with Gasteiger partial charge in [0.15, 0.2) is 0 Å². The van der Waals surface area contributed by atoms with Crippen LogP contribution < -0.4 is 5.32 Å². The molecule has 0 saturated carbocycles. The lowest BCUT2D eigenvalue weighted by atomic mass is 10.1. The molecule has 0 aromatic heterocycles. The molecule has 2 rings (SSSR count). The van der Waals surface area contributed by atoms with Crippen LogP contribution in [0.25, 0.3) is 0 Å². The van der Waals surface area contributed by atoms with Gasteiger partial charge >= 0.3 is 0 Å². The number of benzene rings is 2. The van der Waals surface area contributed by atoms with Crippen LogP contribution in [0.1, 0.15) is 16.7 Å². The first-order valence-electron chi connectivity index (χ1n) is 6.41. The van der Waals surface area contributed by atoms with Gasteiger partial charge in [-0.2, -0.15) is 0 Å². The maximum absolute atomic E-state index is 5.98. The molecular formula is C16H17BrClNO. The molecular weight excluding hydrogens is 338 g/mol. The maximum atomic E-state index is 5.98. The van der Waals surface area contributed by atoms with Crippen LogP contribution in [0.2, 0.25) is 5.02 Å². The first-order valence-corrected chi connectivity index (χ1v) is 7.58. The molecule has 0 aliphatic rings. The Bertz CT molecular complexity index is 574. The highest BCUT2D eigenvalue weighted by atomic mass is 79.9. The smallest absolute Gasteiger partial charge is 0.0716 e. The number of nitrogens with one attached hydrogen (secondary N) is 1. The summed E-state index contributed by atoms with van der Waals surface area (Å²) in [7, 11) is 1.72. The highest BCUT2D eigenvalue weighted by molar-refractivity contribution is 9.10. The summed E-state index contributed by atoms with van der Waals surface area (Å²) >= 11 is 9.42. The molecule has 0 aliphatic carbocycles. The molecule has 0 spiro atoms. The lowest BCUT2D eigenvalue weighted by Gasteiger charge is -2.10. The van der Waals surface area contributed by atoms with Gasteiger partial charge in [-0.05, 0) is 44.8 Å². The van der Waals surface area contributed by atoms with Crippen LogP contribution in [0, 0.1) is 0 Å². The standard InChI is InChI=1S/C16H17BrClNO/c1-20-11-14-5-3-2-4-13(14)10-19-9-12-6-7-16(18)15(17)8-12/h2-8,19H,9-11H2,1H3. The zero-order chi connectivity index (χ0) is 14.4. The van der Waals surface area contributed by atoms with E-state index < -0.39 is 0 Å². The van der Waals surface area contributed by atoms with E-state index in [1.807, 2.05) is 24.3 Å². The van der Waals surface area contributed by atoms with Gasteiger partial charge in [0.25, 0.3) is 0 Å². The van der Waals surface area contributed by atoms with E-state index in [1.54, 1.807) is 7.11 Å². The Balaban J connectivity index is 1.94. The van der Waals surface area contributed by atoms with Crippen LogP contribution in [0.4, 0.5) is 0 Å². The lowest BCUT2D eigenvalue weighted by Crippen LogP contribution is -2.14. The Labute approximate surface area is 133 Å². The van der Waals surface area contributed by atoms with Crippen molar-refractivity contribution in [3.8, 4) is 0 Å². The molecule has 0 saturated heterocycles. The van der Waals surface area contributed by atoms with Crippen molar-refractivity contribution >= 4 is 27.5 Å². The van der Waals surface area contributed by atoms with Crippen LogP contribution in [0.15, 0.2) is 46.9 Å². The molecule has 2 aromatic rings. The maximum Gasteiger partial charge on any atom is 0.0716 e. The molecule has 2 aromatic carbocycles. The van der Waals surface area contributed by atoms with Gasteiger partial charge in [0.05, 0.1) is 11.6 Å². The van der Waals surface area contributed by atoms with E-state index in [-0.39, 0.29) is 0 Å². The third-order valence-corrected chi connectivity index (χ3v) is 4.26. The van der Waals surface area contributed by atoms with Gasteiger partial charge in [-0.3, -0.25) is 0 Å². The van der Waals surface area contributed by atoms with Crippen molar-refractivity contribution in [1.29, 1.82) is 0 Å². The number of methoxy groups -OCH3 is 1. The Morgan fingerprint density at radius 1 is 1.10 bits per heavy atom. The molecule has 0 amide bonds. The van der Waals surface area contributed by atoms with E-state index >= 15 is 0 Å². The minimum Gasteiger partial charge on any atom is -0.380 e. The molecule has 0 aliphatic heterocycles. The number of halogens is 2. The molecule has 1 N–H and O–H groups in total. The van der Waals surface area contributed by atoms with Crippen LogP contribution >= 0.6 is 27.5 Å². The third-order valence-electron chi connectivity index (χ3n) is 3.05. The van der Waals surface area contributed by atoms with E-state index in [2.05, 4.69) is 39.4 Å². The number of ether oxygens (including phenoxy) is 1. The topological polar surface area (TPSA) is 21.3 Å². The zero-order valence-electron chi connectivity index (χ0n) is 11.3. The predicted molar refractivity (Wildman–Crippen MR) is 86.9 cm³/mol. The van der Waals surface area contributed by atoms with Gasteiger partial charge in [-0.25, -0.2) is 0 Å². The molecule has 0 heterocycles. The Morgan fingerprint density at radius 2 is 1.85 bits per heavy atom. The van der Waals surface area contributed by atoms with Crippen LogP contribution in [-0.4, -0.2) is 7.11 Å². The molecule has 20 heavy (non-hydrogen) atoms. The molecule has 0 unspecified atom stereocenters. The van der Waals surface area contributed by atoms with E-state index in [9.17, 15) is 0 Å². The minimum atomic E-state index is 0.643. The van der Waals surface area contributed by atoms with E-state index in [0.717, 1.165) is 22.6 Å². The van der Waals surface area contributed by atoms with Crippen molar-refractivity contribution < 1.29 is 4.74 Å². The van der Waals surface area contributed by atoms with Crippen molar-refractivity contribution in [3.63, 3.8) is 0 Å². The highest BCUT2D eigenvalue weighted by Gasteiger charge is 2.02. The first-order chi connectivity index (χ1) is 9.70. The summed E-state index contributed by atoms with van der Waals surface area (Å²) in [6.07, 6.45) is 0. The fourth-order valence-corrected chi connectivity index (χ4v) is 2.56. The molecule has 0 fully saturated rings. The van der Waals surface area contributed by atoms with Gasteiger partial charge < -0.3 is 10.1 Å². The fourth-order valence-electron chi connectivity index (χ4n) is 2.02. The van der Waals surface area contributed by atoms with Crippen molar-refractivity contribution in [2.24, 2.45) is 0 Å². The molecule has 106 valence electrons. The van der Waals surface area contributed by atoms with Crippen LogP contribution in [-0.2, 0) is 24.4 Å². The van der Waals surface area contributed by atoms with E-state index in [4.69, 9.17) is 16.3 Å². The van der Waals surface area contributed by atoms with Gasteiger partial charge in [-0.15, -0.1) is 0 Å². The van der Waals surface area contributed by atoms with Crippen molar-refractivity contribution in [3.05, 3.63) is 68.7 Å². The largest absolute Gasteiger partial charge is 0.380 e. The van der Waals surface area contributed by atoms with Crippen LogP contribution in [0.3, 0.4) is 0 Å². The van der Waals surface area contributed by atoms with Gasteiger partial charge in [0.2, 0.25) is 0 Å². The fraction of sp³-hybridized carbons (Fsp3) is 0.250. The summed E-state index contributed by atoms with van der Waals surface area (Å²) in [6.45, 7) is 2.27. The number of rotatable bonds is 6. The SMILES string of the molecule is COCc1ccccc1CNCc1ccc(Cl)c(Br)c1. The van der Waals surface area contributed by atoms with Crippen molar-refractivity contribution in [2.45, 2.75) is 19.7 Å². The quantitative estimate of drug-likeness (QED) is 0.822. The minimum absolute atomic E-state index is 0.643. The first kappa shape index (κ1) is 15.5. The van der Waals surface area contributed by atoms with Crippen molar-refractivity contribution in [2.75, 3.05) is 7.11 Å². The summed E-state index contributed by atoms with van der Waals surface area (Å²) in [5.41, 5.74) is 3.69. The summed E-state index contributed by atoms with van der Waals surface area (Å²) in [5.74, 6) is 0.